The summed E-state index contributed by atoms with van der Waals surface area (Å²) in [5.74, 6) is 1.17. The van der Waals surface area contributed by atoms with E-state index in [2.05, 4.69) is 37.1 Å². The van der Waals surface area contributed by atoms with Crippen LogP contribution in [0.15, 0.2) is 11.6 Å². The fourth-order valence-corrected chi connectivity index (χ4v) is 11.0. The van der Waals surface area contributed by atoms with Crippen LogP contribution in [0.4, 0.5) is 13.2 Å². The van der Waals surface area contributed by atoms with Gasteiger partial charge in [-0.05, 0) is 151 Å². The van der Waals surface area contributed by atoms with Crippen LogP contribution in [-0.4, -0.2) is 78.9 Å². The van der Waals surface area contributed by atoms with Crippen molar-refractivity contribution in [2.75, 3.05) is 39.5 Å². The van der Waals surface area contributed by atoms with Gasteiger partial charge in [-0.15, -0.1) is 0 Å². The van der Waals surface area contributed by atoms with Crippen LogP contribution < -0.4 is 5.32 Å². The molecule has 5 nitrogen and oxygen atoms in total. The zero-order valence-electron chi connectivity index (χ0n) is 29.5. The minimum atomic E-state index is -4.21. The van der Waals surface area contributed by atoms with Gasteiger partial charge in [0.15, 0.2) is 0 Å². The number of fused-ring (bicyclic) bond motifs is 1. The van der Waals surface area contributed by atoms with Crippen LogP contribution in [0.3, 0.4) is 0 Å². The number of aliphatic hydroxyl groups excluding tert-OH is 2. The fourth-order valence-electron chi connectivity index (χ4n) is 11.0. The first-order chi connectivity index (χ1) is 22.4. The number of alkyl halides is 3. The highest BCUT2D eigenvalue weighted by Gasteiger charge is 2.49. The van der Waals surface area contributed by atoms with E-state index in [-0.39, 0.29) is 30.3 Å². The molecule has 6 rings (SSSR count). The lowest BCUT2D eigenvalue weighted by molar-refractivity contribution is -0.206. The first-order valence-electron chi connectivity index (χ1n) is 19.5. The van der Waals surface area contributed by atoms with Crippen molar-refractivity contribution >= 4 is 0 Å². The Morgan fingerprint density at radius 1 is 0.957 bits per heavy atom. The molecule has 0 radical (unpaired) electrons. The molecular weight excluding hydrogens is 601 g/mol. The maximum Gasteiger partial charge on any atom is 0.392 e. The molecule has 0 bridgehead atoms. The van der Waals surface area contributed by atoms with Crippen molar-refractivity contribution in [1.82, 2.24) is 10.2 Å². The van der Waals surface area contributed by atoms with Gasteiger partial charge in [-0.1, -0.05) is 31.9 Å². The molecule has 270 valence electrons. The number of nitrogens with zero attached hydrogens (tertiary/aromatic N) is 1. The third-order valence-corrected chi connectivity index (χ3v) is 14.2. The van der Waals surface area contributed by atoms with Crippen molar-refractivity contribution in [3.63, 3.8) is 0 Å². The van der Waals surface area contributed by atoms with Gasteiger partial charge in [0.05, 0.1) is 25.2 Å². The maximum absolute atomic E-state index is 14.3. The molecule has 6 aliphatic rings. The highest BCUT2D eigenvalue weighted by molar-refractivity contribution is 5.24. The van der Waals surface area contributed by atoms with Crippen LogP contribution >= 0.6 is 0 Å². The number of nitrogens with one attached hydrogen (secondary N) is 1. The van der Waals surface area contributed by atoms with Gasteiger partial charge in [0.1, 0.15) is 0 Å². The molecular formula is C39H65F3N2O3. The zero-order chi connectivity index (χ0) is 33.3. The van der Waals surface area contributed by atoms with Gasteiger partial charge < -0.3 is 25.2 Å². The molecule has 11 unspecified atom stereocenters. The van der Waals surface area contributed by atoms with E-state index >= 15 is 0 Å². The summed E-state index contributed by atoms with van der Waals surface area (Å²) in [4.78, 5) is 2.26. The van der Waals surface area contributed by atoms with Crippen LogP contribution in [0.1, 0.15) is 111 Å². The van der Waals surface area contributed by atoms with Gasteiger partial charge in [0.25, 0.3) is 0 Å². The predicted octanol–water partition coefficient (Wildman–Crippen LogP) is 7.61. The predicted molar refractivity (Wildman–Crippen MR) is 181 cm³/mol. The normalized spacial score (nSPS) is 41.1. The summed E-state index contributed by atoms with van der Waals surface area (Å²) in [7, 11) is 0. The van der Waals surface area contributed by atoms with Gasteiger partial charge in [0.2, 0.25) is 0 Å². The first-order valence-corrected chi connectivity index (χ1v) is 19.5. The molecule has 3 saturated heterocycles. The third-order valence-electron chi connectivity index (χ3n) is 14.2. The van der Waals surface area contributed by atoms with Crippen LogP contribution in [0, 0.1) is 58.7 Å². The van der Waals surface area contributed by atoms with Crippen molar-refractivity contribution in [3.8, 4) is 0 Å². The van der Waals surface area contributed by atoms with E-state index in [4.69, 9.17) is 4.74 Å². The number of ether oxygens (including phenoxy) is 1. The Kier molecular flexibility index (Phi) is 11.8. The maximum atomic E-state index is 14.3. The van der Waals surface area contributed by atoms with E-state index < -0.39 is 18.2 Å². The minimum absolute atomic E-state index is 0.0768. The summed E-state index contributed by atoms with van der Waals surface area (Å²) in [5.41, 5.74) is 1.87. The molecule has 3 N–H and O–H groups in total. The van der Waals surface area contributed by atoms with Gasteiger partial charge in [0, 0.05) is 30.7 Å². The Labute approximate surface area is 282 Å². The van der Waals surface area contributed by atoms with Crippen molar-refractivity contribution < 1.29 is 28.1 Å². The number of hydrogen-bond acceptors (Lipinski definition) is 5. The number of rotatable bonds is 10. The van der Waals surface area contributed by atoms with Crippen molar-refractivity contribution in [3.05, 3.63) is 11.6 Å². The highest BCUT2D eigenvalue weighted by Crippen LogP contribution is 2.49. The number of halogens is 3. The van der Waals surface area contributed by atoms with Crippen molar-refractivity contribution in [1.29, 1.82) is 0 Å². The van der Waals surface area contributed by atoms with Gasteiger partial charge in [-0.25, -0.2) is 0 Å². The lowest BCUT2D eigenvalue weighted by Crippen LogP contribution is -2.51. The molecule has 0 amide bonds. The van der Waals surface area contributed by atoms with Crippen molar-refractivity contribution in [2.24, 2.45) is 58.7 Å². The zero-order valence-corrected chi connectivity index (χ0v) is 29.5. The Bertz CT molecular complexity index is 1040. The molecule has 11 atom stereocenters. The number of hydrogen-bond donors (Lipinski definition) is 3. The highest BCUT2D eigenvalue weighted by atomic mass is 19.4. The Balaban J connectivity index is 1.03. The van der Waals surface area contributed by atoms with E-state index in [1.54, 1.807) is 5.57 Å². The van der Waals surface area contributed by atoms with Crippen LogP contribution in [0.2, 0.25) is 0 Å². The van der Waals surface area contributed by atoms with Gasteiger partial charge >= 0.3 is 6.18 Å². The number of allylic oxidation sites excluding steroid dienone is 1. The molecule has 0 aromatic heterocycles. The number of aliphatic hydroxyl groups is 2. The smallest absolute Gasteiger partial charge is 0.392 e. The molecule has 5 fully saturated rings. The molecule has 3 heterocycles. The average Bonchev–Trinajstić information content (AvgIpc) is 3.03. The monoisotopic (exact) mass is 666 g/mol. The van der Waals surface area contributed by atoms with E-state index in [1.165, 1.54) is 19.3 Å². The molecule has 8 heteroatoms. The van der Waals surface area contributed by atoms with E-state index in [0.717, 1.165) is 71.2 Å². The summed E-state index contributed by atoms with van der Waals surface area (Å²) in [5, 5.41) is 25.6. The van der Waals surface area contributed by atoms with E-state index in [1.807, 2.05) is 0 Å². The number of likely N-dealkylation sites (tertiary alicyclic amines) is 1. The molecule has 0 aromatic carbocycles. The lowest BCUT2D eigenvalue weighted by Gasteiger charge is -2.49. The largest absolute Gasteiger partial charge is 0.396 e. The summed E-state index contributed by atoms with van der Waals surface area (Å²) in [6, 6.07) is 0.838. The summed E-state index contributed by atoms with van der Waals surface area (Å²) >= 11 is 0. The number of piperidine rings is 2. The second-order valence-electron chi connectivity index (χ2n) is 17.8. The van der Waals surface area contributed by atoms with Crippen molar-refractivity contribution in [2.45, 2.75) is 135 Å². The Morgan fingerprint density at radius 2 is 1.70 bits per heavy atom. The van der Waals surface area contributed by atoms with Crippen LogP contribution in [-0.2, 0) is 4.74 Å². The first kappa shape index (κ1) is 36.1. The average molecular weight is 667 g/mol. The molecule has 2 saturated carbocycles. The topological polar surface area (TPSA) is 65.0 Å². The SMILES string of the molecule is CC1CCN(CC2CCC(C(O)CCC3CCC(CO)C(CC4NC(C)CC5CCC(C6(C)COC6)C=C54)C3)CC2C(F)(F)F)CC1. The molecule has 47 heavy (non-hydrogen) atoms. The minimum Gasteiger partial charge on any atom is -0.396 e. The molecule has 3 aliphatic heterocycles. The Hall–Kier alpha value is -0.670. The van der Waals surface area contributed by atoms with Crippen LogP contribution in [0.25, 0.3) is 0 Å². The second kappa shape index (κ2) is 15.3. The van der Waals surface area contributed by atoms with Gasteiger partial charge in [-0.2, -0.15) is 13.2 Å². The standard InChI is InChI=1S/C39H65F3N2O3/c1-25-12-14-44(15-13-25)21-30-8-7-29(18-35(30)39(40,41)42)37(46)11-5-27-4-6-31(22-45)32(17-27)19-36-34-20-33(38(3)23-47-24-38)10-9-28(34)16-26(2)43-36/h20,25-33,35-37,43,45-46H,4-19,21-24H2,1-3H3. The van der Waals surface area contributed by atoms with Gasteiger partial charge in [-0.3, -0.25) is 0 Å². The summed E-state index contributed by atoms with van der Waals surface area (Å²) < 4.78 is 48.6. The molecule has 0 spiro atoms. The molecule has 3 aliphatic carbocycles. The fraction of sp³-hybridized carbons (Fsp3) is 0.949. The Morgan fingerprint density at radius 3 is 2.38 bits per heavy atom. The molecule has 0 aromatic rings. The second-order valence-corrected chi connectivity index (χ2v) is 17.8. The van der Waals surface area contributed by atoms with E-state index in [0.29, 0.717) is 73.4 Å². The van der Waals surface area contributed by atoms with Crippen LogP contribution in [0.5, 0.6) is 0 Å². The van der Waals surface area contributed by atoms with E-state index in [9.17, 15) is 23.4 Å². The lowest BCUT2D eigenvalue weighted by atomic mass is 9.63. The summed E-state index contributed by atoms with van der Waals surface area (Å²) in [6.45, 7) is 11.3. The third kappa shape index (κ3) is 8.63. The quantitative estimate of drug-likeness (QED) is 0.210. The summed E-state index contributed by atoms with van der Waals surface area (Å²) in [6.07, 6.45) is 10.6.